The van der Waals surface area contributed by atoms with Gasteiger partial charge in [0.25, 0.3) is 0 Å². The van der Waals surface area contributed by atoms with Crippen LogP contribution >= 0.6 is 0 Å². The van der Waals surface area contributed by atoms with E-state index in [1.807, 2.05) is 0 Å². The van der Waals surface area contributed by atoms with Crippen LogP contribution in [-0.4, -0.2) is 22.4 Å². The summed E-state index contributed by atoms with van der Waals surface area (Å²) in [5, 5.41) is 19.6. The van der Waals surface area contributed by atoms with Crippen LogP contribution in [-0.2, 0) is 0 Å². The van der Waals surface area contributed by atoms with Crippen molar-refractivity contribution < 1.29 is 10.2 Å². The Morgan fingerprint density at radius 3 is 1.55 bits per heavy atom. The van der Waals surface area contributed by atoms with Crippen molar-refractivity contribution in [3.63, 3.8) is 0 Å². The van der Waals surface area contributed by atoms with Crippen LogP contribution in [0.4, 0.5) is 0 Å². The minimum atomic E-state index is -0.0464. The first kappa shape index (κ1) is 16.3. The van der Waals surface area contributed by atoms with Crippen LogP contribution in [0.5, 0.6) is 0 Å². The summed E-state index contributed by atoms with van der Waals surface area (Å²) in [6.45, 7) is 4.81. The molecule has 0 amide bonds. The molecule has 2 saturated carbocycles. The Balaban J connectivity index is 2.03. The molecule has 0 bridgehead atoms. The second-order valence-electron chi connectivity index (χ2n) is 7.62. The molecule has 0 spiro atoms. The molecule has 0 atom stereocenters. The molecule has 118 valence electrons. The minimum absolute atomic E-state index is 0.0464. The zero-order valence-electron chi connectivity index (χ0n) is 13.5. The Morgan fingerprint density at radius 1 is 0.800 bits per heavy atom. The number of aliphatic hydroxyl groups excluding tert-OH is 2. The summed E-state index contributed by atoms with van der Waals surface area (Å²) in [6.07, 6.45) is 12.7. The molecular weight excluding hydrogens is 248 g/mol. The van der Waals surface area contributed by atoms with Crippen LogP contribution in [0.15, 0.2) is 0 Å². The van der Waals surface area contributed by atoms with Crippen LogP contribution in [0.1, 0.15) is 84.5 Å². The van der Waals surface area contributed by atoms with Crippen molar-refractivity contribution >= 4 is 0 Å². The molecule has 0 aromatic heterocycles. The third-order valence-corrected chi connectivity index (χ3v) is 6.33. The molecule has 0 unspecified atom stereocenters. The van der Waals surface area contributed by atoms with Gasteiger partial charge in [0.2, 0.25) is 0 Å². The summed E-state index contributed by atoms with van der Waals surface area (Å²) in [4.78, 5) is 0. The van der Waals surface area contributed by atoms with Gasteiger partial charge in [-0.15, -0.1) is 0 Å². The van der Waals surface area contributed by atoms with E-state index in [0.717, 1.165) is 37.5 Å². The zero-order chi connectivity index (χ0) is 14.6. The van der Waals surface area contributed by atoms with Crippen molar-refractivity contribution in [2.45, 2.75) is 96.7 Å². The van der Waals surface area contributed by atoms with Crippen LogP contribution in [0, 0.1) is 17.3 Å². The molecule has 2 aliphatic rings. The van der Waals surface area contributed by atoms with Crippen molar-refractivity contribution in [2.75, 3.05) is 0 Å². The van der Waals surface area contributed by atoms with E-state index in [0.29, 0.717) is 5.41 Å². The van der Waals surface area contributed by atoms with Crippen molar-refractivity contribution in [3.8, 4) is 0 Å². The lowest BCUT2D eigenvalue weighted by Crippen LogP contribution is -2.40. The van der Waals surface area contributed by atoms with Gasteiger partial charge in [-0.1, -0.05) is 26.7 Å². The topological polar surface area (TPSA) is 40.5 Å². The van der Waals surface area contributed by atoms with Crippen LogP contribution in [0.2, 0.25) is 0 Å². The number of unbranched alkanes of at least 4 members (excludes halogenated alkanes) is 1. The molecule has 0 saturated heterocycles. The van der Waals surface area contributed by atoms with Crippen molar-refractivity contribution in [2.24, 2.45) is 17.3 Å². The normalized spacial score (nSPS) is 38.4. The van der Waals surface area contributed by atoms with Gasteiger partial charge < -0.3 is 10.2 Å². The Bertz CT molecular complexity index is 251. The quantitative estimate of drug-likeness (QED) is 0.790. The predicted molar refractivity (Wildman–Crippen MR) is 83.6 cm³/mol. The molecule has 2 rings (SSSR count). The summed E-state index contributed by atoms with van der Waals surface area (Å²) in [5.41, 5.74) is 0.441. The highest BCUT2D eigenvalue weighted by atomic mass is 16.3. The third-order valence-electron chi connectivity index (χ3n) is 6.33. The zero-order valence-corrected chi connectivity index (χ0v) is 13.5. The van der Waals surface area contributed by atoms with Gasteiger partial charge >= 0.3 is 0 Å². The van der Waals surface area contributed by atoms with Gasteiger partial charge in [0, 0.05) is 0 Å². The van der Waals surface area contributed by atoms with E-state index in [9.17, 15) is 10.2 Å². The molecular formula is C18H34O2. The van der Waals surface area contributed by atoms with E-state index in [-0.39, 0.29) is 12.2 Å². The second kappa shape index (κ2) is 7.26. The molecule has 20 heavy (non-hydrogen) atoms. The number of rotatable bonds is 5. The summed E-state index contributed by atoms with van der Waals surface area (Å²) < 4.78 is 0. The van der Waals surface area contributed by atoms with Gasteiger partial charge in [-0.05, 0) is 75.0 Å². The van der Waals surface area contributed by atoms with E-state index < -0.39 is 0 Å². The van der Waals surface area contributed by atoms with Crippen molar-refractivity contribution in [3.05, 3.63) is 0 Å². The largest absolute Gasteiger partial charge is 0.393 e. The molecule has 2 fully saturated rings. The first-order valence-electron chi connectivity index (χ1n) is 8.92. The average Bonchev–Trinajstić information content (AvgIpc) is 2.46. The van der Waals surface area contributed by atoms with E-state index >= 15 is 0 Å². The number of aliphatic hydroxyl groups is 2. The summed E-state index contributed by atoms with van der Waals surface area (Å²) in [7, 11) is 0. The molecule has 2 aliphatic carbocycles. The highest BCUT2D eigenvalue weighted by Crippen LogP contribution is 2.51. The van der Waals surface area contributed by atoms with Gasteiger partial charge in [-0.25, -0.2) is 0 Å². The molecule has 2 heteroatoms. The van der Waals surface area contributed by atoms with Crippen molar-refractivity contribution in [1.29, 1.82) is 0 Å². The fourth-order valence-corrected chi connectivity index (χ4v) is 4.77. The van der Waals surface area contributed by atoms with Gasteiger partial charge in [0.15, 0.2) is 0 Å². The summed E-state index contributed by atoms with van der Waals surface area (Å²) in [5.74, 6) is 1.58. The average molecular weight is 282 g/mol. The second-order valence-corrected chi connectivity index (χ2v) is 7.62. The fourth-order valence-electron chi connectivity index (χ4n) is 4.77. The van der Waals surface area contributed by atoms with E-state index in [1.165, 1.54) is 44.9 Å². The number of hydrogen-bond donors (Lipinski definition) is 2. The Morgan fingerprint density at radius 2 is 1.20 bits per heavy atom. The molecule has 0 aliphatic heterocycles. The first-order valence-corrected chi connectivity index (χ1v) is 8.92. The smallest absolute Gasteiger partial charge is 0.0540 e. The van der Waals surface area contributed by atoms with Gasteiger partial charge in [0.05, 0.1) is 12.2 Å². The maximum absolute atomic E-state index is 9.78. The van der Waals surface area contributed by atoms with E-state index in [4.69, 9.17) is 0 Å². The standard InChI is InChI=1S/C18H34O2/c1-3-4-13-18(2,14-5-9-16(19)10-6-14)15-7-11-17(20)12-8-15/h14-17,19-20H,3-13H2,1-2H3. The molecule has 0 aromatic carbocycles. The molecule has 0 heterocycles. The Kier molecular flexibility index (Phi) is 5.92. The van der Waals surface area contributed by atoms with Crippen LogP contribution in [0.3, 0.4) is 0 Å². The minimum Gasteiger partial charge on any atom is -0.393 e. The number of hydrogen-bond acceptors (Lipinski definition) is 2. The Labute approximate surface area is 125 Å². The van der Waals surface area contributed by atoms with Crippen LogP contribution < -0.4 is 0 Å². The first-order chi connectivity index (χ1) is 9.56. The predicted octanol–water partition coefficient (Wildman–Crippen LogP) is 4.29. The fraction of sp³-hybridized carbons (Fsp3) is 1.00. The molecule has 2 nitrogen and oxygen atoms in total. The lowest BCUT2D eigenvalue weighted by Gasteiger charge is -2.48. The monoisotopic (exact) mass is 282 g/mol. The highest BCUT2D eigenvalue weighted by molar-refractivity contribution is 4.93. The summed E-state index contributed by atoms with van der Waals surface area (Å²) >= 11 is 0. The molecule has 0 radical (unpaired) electrons. The van der Waals surface area contributed by atoms with Gasteiger partial charge in [-0.2, -0.15) is 0 Å². The summed E-state index contributed by atoms with van der Waals surface area (Å²) in [6, 6.07) is 0. The molecule has 2 N–H and O–H groups in total. The molecule has 0 aromatic rings. The van der Waals surface area contributed by atoms with Gasteiger partial charge in [-0.3, -0.25) is 0 Å². The maximum Gasteiger partial charge on any atom is 0.0540 e. The lowest BCUT2D eigenvalue weighted by atomic mass is 9.57. The van der Waals surface area contributed by atoms with E-state index in [2.05, 4.69) is 13.8 Å². The SMILES string of the molecule is CCCCC(C)(C1CCC(O)CC1)C1CCC(O)CC1. The third kappa shape index (κ3) is 3.76. The van der Waals surface area contributed by atoms with Crippen molar-refractivity contribution in [1.82, 2.24) is 0 Å². The van der Waals surface area contributed by atoms with Crippen LogP contribution in [0.25, 0.3) is 0 Å². The maximum atomic E-state index is 9.78. The van der Waals surface area contributed by atoms with E-state index in [1.54, 1.807) is 0 Å². The highest BCUT2D eigenvalue weighted by Gasteiger charge is 2.42. The lowest BCUT2D eigenvalue weighted by molar-refractivity contribution is -0.0154. The van der Waals surface area contributed by atoms with Gasteiger partial charge in [0.1, 0.15) is 0 Å². The Hall–Kier alpha value is -0.0800.